The third-order valence-corrected chi connectivity index (χ3v) is 3.76. The fraction of sp³-hybridized carbons (Fsp3) is 0.562. The van der Waals surface area contributed by atoms with E-state index in [1.54, 1.807) is 0 Å². The van der Waals surface area contributed by atoms with Crippen molar-refractivity contribution >= 4 is 0 Å². The van der Waals surface area contributed by atoms with E-state index in [0.717, 1.165) is 5.75 Å². The molecule has 0 bridgehead atoms. The van der Waals surface area contributed by atoms with Crippen LogP contribution in [0, 0.1) is 25.2 Å². The molecule has 1 unspecified atom stereocenters. The Balaban J connectivity index is 1.88. The minimum absolute atomic E-state index is 0.473. The van der Waals surface area contributed by atoms with Gasteiger partial charge in [0.1, 0.15) is 11.3 Å². The highest BCUT2D eigenvalue weighted by molar-refractivity contribution is 5.38. The molecule has 1 N–H and O–H groups in total. The average Bonchev–Trinajstić information content (AvgIpc) is 3.18. The number of rotatable bonds is 6. The van der Waals surface area contributed by atoms with Crippen molar-refractivity contribution in [1.29, 1.82) is 5.26 Å². The first kappa shape index (κ1) is 13.9. The van der Waals surface area contributed by atoms with Gasteiger partial charge in [0, 0.05) is 12.5 Å². The fourth-order valence-corrected chi connectivity index (χ4v) is 2.08. The normalized spacial score (nSPS) is 17.6. The van der Waals surface area contributed by atoms with Gasteiger partial charge in [0.2, 0.25) is 0 Å². The molecule has 102 valence electrons. The average molecular weight is 258 g/mol. The summed E-state index contributed by atoms with van der Waals surface area (Å²) in [6.07, 6.45) is 3.08. The van der Waals surface area contributed by atoms with Gasteiger partial charge in [-0.3, -0.25) is 5.32 Å². The molecule has 0 spiro atoms. The summed E-state index contributed by atoms with van der Waals surface area (Å²) in [4.78, 5) is 0. The van der Waals surface area contributed by atoms with E-state index in [0.29, 0.717) is 19.1 Å². The van der Waals surface area contributed by atoms with Gasteiger partial charge in [-0.1, -0.05) is 12.1 Å². The first-order valence-electron chi connectivity index (χ1n) is 6.92. The van der Waals surface area contributed by atoms with Crippen LogP contribution >= 0.6 is 0 Å². The number of ether oxygens (including phenoxy) is 1. The lowest BCUT2D eigenvalue weighted by atomic mass is 10.0. The van der Waals surface area contributed by atoms with Crippen LogP contribution < -0.4 is 10.1 Å². The molecule has 0 heterocycles. The minimum Gasteiger partial charge on any atom is -0.493 e. The molecular weight excluding hydrogens is 236 g/mol. The minimum atomic E-state index is -0.473. The van der Waals surface area contributed by atoms with Crippen molar-refractivity contribution < 1.29 is 4.74 Å². The van der Waals surface area contributed by atoms with Gasteiger partial charge in [0.25, 0.3) is 0 Å². The molecule has 1 aromatic carbocycles. The van der Waals surface area contributed by atoms with Crippen molar-refractivity contribution in [3.05, 3.63) is 29.3 Å². The SMILES string of the molecule is Cc1cccc(OCCC(C)(C#N)NC2CC2)c1C. The monoisotopic (exact) mass is 258 g/mol. The Hall–Kier alpha value is -1.53. The van der Waals surface area contributed by atoms with Crippen LogP contribution in [0.2, 0.25) is 0 Å². The van der Waals surface area contributed by atoms with E-state index in [4.69, 9.17) is 4.74 Å². The zero-order chi connectivity index (χ0) is 13.9. The van der Waals surface area contributed by atoms with Gasteiger partial charge in [0.05, 0.1) is 12.7 Å². The molecule has 1 aromatic rings. The summed E-state index contributed by atoms with van der Waals surface area (Å²) in [7, 11) is 0. The highest BCUT2D eigenvalue weighted by atomic mass is 16.5. The van der Waals surface area contributed by atoms with E-state index in [1.807, 2.05) is 19.1 Å². The standard InChI is InChI=1S/C16H22N2O/c1-12-5-4-6-15(13(12)2)19-10-9-16(3,11-17)18-14-7-8-14/h4-6,14,18H,7-10H2,1-3H3. The molecule has 1 atom stereocenters. The quantitative estimate of drug-likeness (QED) is 0.852. The zero-order valence-electron chi connectivity index (χ0n) is 12.0. The predicted octanol–water partition coefficient (Wildman–Crippen LogP) is 3.11. The van der Waals surface area contributed by atoms with Crippen molar-refractivity contribution in [1.82, 2.24) is 5.32 Å². The van der Waals surface area contributed by atoms with E-state index < -0.39 is 5.54 Å². The number of nitrogens with one attached hydrogen (secondary N) is 1. The molecule has 1 aliphatic carbocycles. The first-order chi connectivity index (χ1) is 9.04. The molecule has 0 aromatic heterocycles. The molecule has 19 heavy (non-hydrogen) atoms. The molecule has 1 fully saturated rings. The van der Waals surface area contributed by atoms with Gasteiger partial charge in [-0.2, -0.15) is 5.26 Å². The number of aryl methyl sites for hydroxylation is 1. The maximum atomic E-state index is 9.29. The van der Waals surface area contributed by atoms with Gasteiger partial charge >= 0.3 is 0 Å². The lowest BCUT2D eigenvalue weighted by molar-refractivity contribution is 0.264. The van der Waals surface area contributed by atoms with Crippen molar-refractivity contribution in [2.45, 2.75) is 51.6 Å². The van der Waals surface area contributed by atoms with Crippen LogP contribution in [0.4, 0.5) is 0 Å². The van der Waals surface area contributed by atoms with Gasteiger partial charge in [-0.05, 0) is 50.8 Å². The summed E-state index contributed by atoms with van der Waals surface area (Å²) in [6, 6.07) is 8.97. The van der Waals surface area contributed by atoms with Gasteiger partial charge in [-0.25, -0.2) is 0 Å². The van der Waals surface area contributed by atoms with Gasteiger partial charge in [0.15, 0.2) is 0 Å². The third kappa shape index (κ3) is 3.71. The number of hydrogen-bond donors (Lipinski definition) is 1. The second-order valence-corrected chi connectivity index (χ2v) is 5.66. The second-order valence-electron chi connectivity index (χ2n) is 5.66. The van der Waals surface area contributed by atoms with Crippen LogP contribution in [-0.4, -0.2) is 18.2 Å². The largest absolute Gasteiger partial charge is 0.493 e. The Bertz CT molecular complexity index is 488. The topological polar surface area (TPSA) is 45.0 Å². The van der Waals surface area contributed by atoms with E-state index in [1.165, 1.54) is 24.0 Å². The lowest BCUT2D eigenvalue weighted by Gasteiger charge is -2.23. The molecule has 0 aliphatic heterocycles. The molecule has 1 aliphatic rings. The highest BCUT2D eigenvalue weighted by Crippen LogP contribution is 2.25. The van der Waals surface area contributed by atoms with E-state index in [9.17, 15) is 5.26 Å². The Labute approximate surface area is 115 Å². The highest BCUT2D eigenvalue weighted by Gasteiger charge is 2.32. The summed E-state index contributed by atoms with van der Waals surface area (Å²) < 4.78 is 5.83. The zero-order valence-corrected chi connectivity index (χ0v) is 12.0. The smallest absolute Gasteiger partial charge is 0.122 e. The van der Waals surface area contributed by atoms with Gasteiger partial charge < -0.3 is 4.74 Å². The Morgan fingerprint density at radius 1 is 1.42 bits per heavy atom. The number of hydrogen-bond acceptors (Lipinski definition) is 3. The van der Waals surface area contributed by atoms with E-state index >= 15 is 0 Å². The summed E-state index contributed by atoms with van der Waals surface area (Å²) in [6.45, 7) is 6.67. The van der Waals surface area contributed by atoms with Crippen molar-refractivity contribution in [3.63, 3.8) is 0 Å². The Morgan fingerprint density at radius 3 is 2.79 bits per heavy atom. The van der Waals surface area contributed by atoms with Gasteiger partial charge in [-0.15, -0.1) is 0 Å². The first-order valence-corrected chi connectivity index (χ1v) is 6.92. The molecule has 3 nitrogen and oxygen atoms in total. The summed E-state index contributed by atoms with van der Waals surface area (Å²) in [5, 5.41) is 12.7. The fourth-order valence-electron chi connectivity index (χ4n) is 2.08. The predicted molar refractivity (Wildman–Crippen MR) is 76.2 cm³/mol. The van der Waals surface area contributed by atoms with Crippen molar-refractivity contribution in [3.8, 4) is 11.8 Å². The van der Waals surface area contributed by atoms with Crippen molar-refractivity contribution in [2.24, 2.45) is 0 Å². The maximum absolute atomic E-state index is 9.29. The van der Waals surface area contributed by atoms with Crippen LogP contribution in [0.25, 0.3) is 0 Å². The molecular formula is C16H22N2O. The van der Waals surface area contributed by atoms with Crippen molar-refractivity contribution in [2.75, 3.05) is 6.61 Å². The van der Waals surface area contributed by atoms with E-state index in [-0.39, 0.29) is 0 Å². The molecule has 2 rings (SSSR count). The van der Waals surface area contributed by atoms with Crippen LogP contribution in [0.5, 0.6) is 5.75 Å². The summed E-state index contributed by atoms with van der Waals surface area (Å²) >= 11 is 0. The molecule has 3 heteroatoms. The number of benzene rings is 1. The van der Waals surface area contributed by atoms with Crippen LogP contribution in [0.1, 0.15) is 37.3 Å². The van der Waals surface area contributed by atoms with Crippen LogP contribution in [0.3, 0.4) is 0 Å². The Kier molecular flexibility index (Phi) is 4.11. The molecule has 0 saturated heterocycles. The van der Waals surface area contributed by atoms with E-state index in [2.05, 4.69) is 31.3 Å². The Morgan fingerprint density at radius 2 is 2.16 bits per heavy atom. The molecule has 1 saturated carbocycles. The number of nitriles is 1. The summed E-state index contributed by atoms with van der Waals surface area (Å²) in [5.41, 5.74) is 1.94. The third-order valence-electron chi connectivity index (χ3n) is 3.76. The lowest BCUT2D eigenvalue weighted by Crippen LogP contribution is -2.43. The summed E-state index contributed by atoms with van der Waals surface area (Å²) in [5.74, 6) is 0.923. The number of nitrogens with zero attached hydrogens (tertiary/aromatic N) is 1. The molecule has 0 amide bonds. The second kappa shape index (κ2) is 5.63. The maximum Gasteiger partial charge on any atom is 0.122 e. The molecule has 0 radical (unpaired) electrons. The van der Waals surface area contributed by atoms with Crippen LogP contribution in [-0.2, 0) is 0 Å². The van der Waals surface area contributed by atoms with Crippen LogP contribution in [0.15, 0.2) is 18.2 Å².